The van der Waals surface area contributed by atoms with Crippen LogP contribution in [0.4, 0.5) is 0 Å². The van der Waals surface area contributed by atoms with E-state index in [2.05, 4.69) is 21.2 Å². The minimum Gasteiger partial charge on any atom is -0.493 e. The molecule has 6 heteroatoms. The van der Waals surface area contributed by atoms with Crippen LogP contribution in [-0.2, 0) is 11.3 Å². The second kappa shape index (κ2) is 9.05. The molecular formula is C20H22BrNO4. The highest BCUT2D eigenvalue weighted by atomic mass is 79.9. The number of carbonyl (C=O) groups excluding carboxylic acids is 1. The lowest BCUT2D eigenvalue weighted by molar-refractivity contribution is 0.0669. The van der Waals surface area contributed by atoms with Gasteiger partial charge in [-0.25, -0.2) is 0 Å². The summed E-state index contributed by atoms with van der Waals surface area (Å²) in [4.78, 5) is 12.2. The maximum Gasteiger partial charge on any atom is 0.251 e. The first-order chi connectivity index (χ1) is 12.7. The van der Waals surface area contributed by atoms with Crippen LogP contribution in [0.5, 0.6) is 11.5 Å². The number of benzene rings is 2. The number of ether oxygens (including phenoxy) is 3. The Morgan fingerprint density at radius 1 is 1.23 bits per heavy atom. The van der Waals surface area contributed by atoms with Gasteiger partial charge < -0.3 is 19.5 Å². The van der Waals surface area contributed by atoms with Crippen LogP contribution in [0, 0.1) is 0 Å². The predicted molar refractivity (Wildman–Crippen MR) is 103 cm³/mol. The van der Waals surface area contributed by atoms with E-state index in [1.807, 2.05) is 30.3 Å². The second-order valence-electron chi connectivity index (χ2n) is 6.12. The summed E-state index contributed by atoms with van der Waals surface area (Å²) < 4.78 is 17.8. The van der Waals surface area contributed by atoms with E-state index in [4.69, 9.17) is 14.2 Å². The summed E-state index contributed by atoms with van der Waals surface area (Å²) in [5.74, 6) is 1.22. The Bertz CT molecular complexity index is 742. The van der Waals surface area contributed by atoms with E-state index in [-0.39, 0.29) is 12.0 Å². The summed E-state index contributed by atoms with van der Waals surface area (Å²) in [6.07, 6.45) is 2.27. The third-order valence-corrected chi connectivity index (χ3v) is 4.76. The van der Waals surface area contributed by atoms with E-state index < -0.39 is 0 Å². The number of carbonyl (C=O) groups is 1. The third-order valence-electron chi connectivity index (χ3n) is 4.24. The molecule has 2 aromatic rings. The second-order valence-corrected chi connectivity index (χ2v) is 7.04. The van der Waals surface area contributed by atoms with Crippen LogP contribution < -0.4 is 14.8 Å². The first kappa shape index (κ1) is 18.7. The van der Waals surface area contributed by atoms with Gasteiger partial charge >= 0.3 is 0 Å². The zero-order valence-electron chi connectivity index (χ0n) is 14.7. The van der Waals surface area contributed by atoms with Crippen molar-refractivity contribution in [1.29, 1.82) is 0 Å². The van der Waals surface area contributed by atoms with Crippen LogP contribution in [0.15, 0.2) is 46.9 Å². The molecule has 0 saturated carbocycles. The molecule has 2 aromatic carbocycles. The Balaban J connectivity index is 1.57. The molecule has 1 N–H and O–H groups in total. The maximum atomic E-state index is 12.2. The van der Waals surface area contributed by atoms with Gasteiger partial charge in [-0.1, -0.05) is 22.0 Å². The zero-order valence-corrected chi connectivity index (χ0v) is 16.3. The van der Waals surface area contributed by atoms with Crippen LogP contribution in [0.2, 0.25) is 0 Å². The monoisotopic (exact) mass is 419 g/mol. The molecule has 1 aliphatic rings. The number of hydrogen-bond donors (Lipinski definition) is 1. The van der Waals surface area contributed by atoms with Crippen LogP contribution >= 0.6 is 15.9 Å². The van der Waals surface area contributed by atoms with Gasteiger partial charge in [0.05, 0.1) is 13.2 Å². The molecule has 0 radical (unpaired) electrons. The summed E-state index contributed by atoms with van der Waals surface area (Å²) >= 11 is 3.36. The van der Waals surface area contributed by atoms with Gasteiger partial charge in [-0.2, -0.15) is 0 Å². The summed E-state index contributed by atoms with van der Waals surface area (Å²) in [5.41, 5.74) is 1.56. The zero-order chi connectivity index (χ0) is 18.4. The largest absolute Gasteiger partial charge is 0.493 e. The van der Waals surface area contributed by atoms with Crippen molar-refractivity contribution in [3.05, 3.63) is 58.1 Å². The summed E-state index contributed by atoms with van der Waals surface area (Å²) in [6, 6.07) is 12.9. The molecule has 1 fully saturated rings. The van der Waals surface area contributed by atoms with Crippen LogP contribution in [0.1, 0.15) is 28.8 Å². The van der Waals surface area contributed by atoms with E-state index in [9.17, 15) is 4.79 Å². The molecule has 138 valence electrons. The molecule has 1 atom stereocenters. The first-order valence-electron chi connectivity index (χ1n) is 8.61. The number of methoxy groups -OCH3 is 1. The Morgan fingerprint density at radius 2 is 2.04 bits per heavy atom. The molecule has 3 rings (SSSR count). The Hall–Kier alpha value is -2.05. The van der Waals surface area contributed by atoms with Crippen molar-refractivity contribution < 1.29 is 19.0 Å². The van der Waals surface area contributed by atoms with Crippen molar-refractivity contribution in [2.24, 2.45) is 0 Å². The molecule has 0 unspecified atom stereocenters. The molecule has 1 saturated heterocycles. The molecule has 0 aliphatic carbocycles. The highest BCUT2D eigenvalue weighted by molar-refractivity contribution is 9.10. The van der Waals surface area contributed by atoms with Gasteiger partial charge in [-0.3, -0.25) is 4.79 Å². The highest BCUT2D eigenvalue weighted by Gasteiger charge is 2.17. The van der Waals surface area contributed by atoms with Crippen molar-refractivity contribution in [3.63, 3.8) is 0 Å². The summed E-state index contributed by atoms with van der Waals surface area (Å²) in [5, 5.41) is 2.91. The van der Waals surface area contributed by atoms with Crippen molar-refractivity contribution >= 4 is 21.8 Å². The number of hydrogen-bond acceptors (Lipinski definition) is 4. The molecule has 0 aromatic heterocycles. The Kier molecular flexibility index (Phi) is 6.52. The minimum atomic E-state index is -0.116. The van der Waals surface area contributed by atoms with Gasteiger partial charge in [-0.05, 0) is 54.8 Å². The molecule has 26 heavy (non-hydrogen) atoms. The maximum absolute atomic E-state index is 12.2. The van der Waals surface area contributed by atoms with Gasteiger partial charge in [-0.15, -0.1) is 0 Å². The van der Waals surface area contributed by atoms with Gasteiger partial charge in [0.15, 0.2) is 11.5 Å². The summed E-state index contributed by atoms with van der Waals surface area (Å²) in [6.45, 7) is 1.75. The fourth-order valence-electron chi connectivity index (χ4n) is 2.79. The van der Waals surface area contributed by atoms with Crippen molar-refractivity contribution in [2.45, 2.75) is 25.5 Å². The normalized spacial score (nSPS) is 16.3. The summed E-state index contributed by atoms with van der Waals surface area (Å²) in [7, 11) is 1.61. The number of rotatable bonds is 7. The Morgan fingerprint density at radius 3 is 2.73 bits per heavy atom. The predicted octanol–water partition coefficient (Wildman–Crippen LogP) is 3.95. The molecule has 5 nitrogen and oxygen atoms in total. The van der Waals surface area contributed by atoms with Gasteiger partial charge in [0.2, 0.25) is 0 Å². The van der Waals surface area contributed by atoms with E-state index >= 15 is 0 Å². The fourth-order valence-corrected chi connectivity index (χ4v) is 3.05. The van der Waals surface area contributed by atoms with E-state index in [0.29, 0.717) is 30.2 Å². The van der Waals surface area contributed by atoms with Crippen molar-refractivity contribution in [1.82, 2.24) is 5.32 Å². The lowest BCUT2D eigenvalue weighted by Crippen LogP contribution is -2.22. The first-order valence-corrected chi connectivity index (χ1v) is 9.40. The standard InChI is InChI=1S/C20H22BrNO4/c1-24-19-11-14(4-9-18(19)26-13-17-3-2-10-25-17)12-22-20(23)15-5-7-16(21)8-6-15/h4-9,11,17H,2-3,10,12-13H2,1H3,(H,22,23)/t17-/m1/s1. The van der Waals surface area contributed by atoms with Crippen LogP contribution in [-0.4, -0.2) is 32.3 Å². The quantitative estimate of drug-likeness (QED) is 0.737. The smallest absolute Gasteiger partial charge is 0.251 e. The molecule has 0 bridgehead atoms. The van der Waals surface area contributed by atoms with Gasteiger partial charge in [0.25, 0.3) is 5.91 Å². The molecule has 1 aliphatic heterocycles. The third kappa shape index (κ3) is 4.99. The van der Waals surface area contributed by atoms with Crippen molar-refractivity contribution in [2.75, 3.05) is 20.3 Å². The Labute approximate surface area is 161 Å². The molecule has 1 heterocycles. The lowest BCUT2D eigenvalue weighted by atomic mass is 10.1. The number of nitrogens with one attached hydrogen (secondary N) is 1. The molecule has 1 amide bonds. The molecule has 0 spiro atoms. The van der Waals surface area contributed by atoms with Crippen LogP contribution in [0.25, 0.3) is 0 Å². The SMILES string of the molecule is COc1cc(CNC(=O)c2ccc(Br)cc2)ccc1OC[C@H]1CCCO1. The van der Waals surface area contributed by atoms with Gasteiger partial charge in [0.1, 0.15) is 6.61 Å². The average molecular weight is 420 g/mol. The highest BCUT2D eigenvalue weighted by Crippen LogP contribution is 2.29. The lowest BCUT2D eigenvalue weighted by Gasteiger charge is -2.15. The van der Waals surface area contributed by atoms with Crippen molar-refractivity contribution in [3.8, 4) is 11.5 Å². The van der Waals surface area contributed by atoms with Gasteiger partial charge in [0, 0.05) is 23.2 Å². The minimum absolute atomic E-state index is 0.116. The number of halogens is 1. The van der Waals surface area contributed by atoms with Crippen LogP contribution in [0.3, 0.4) is 0 Å². The van der Waals surface area contributed by atoms with E-state index in [1.165, 1.54) is 0 Å². The fraction of sp³-hybridized carbons (Fsp3) is 0.350. The average Bonchev–Trinajstić information content (AvgIpc) is 3.19. The van der Waals surface area contributed by atoms with E-state index in [0.717, 1.165) is 29.5 Å². The number of amides is 1. The topological polar surface area (TPSA) is 56.8 Å². The van der Waals surface area contributed by atoms with E-state index in [1.54, 1.807) is 19.2 Å². The molecular weight excluding hydrogens is 398 g/mol.